The molecule has 0 unspecified atom stereocenters. The van der Waals surface area contributed by atoms with Crippen LogP contribution in [0.4, 0.5) is 0 Å². The molecule has 1 aromatic carbocycles. The molecular formula is C18H21NS. The highest BCUT2D eigenvalue weighted by molar-refractivity contribution is 7.13. The Balaban J connectivity index is 2.03. The zero-order valence-electron chi connectivity index (χ0n) is 12.5. The normalized spacial score (nSPS) is 11.9. The van der Waals surface area contributed by atoms with Gasteiger partial charge in [0, 0.05) is 10.9 Å². The third kappa shape index (κ3) is 2.40. The van der Waals surface area contributed by atoms with E-state index >= 15 is 0 Å². The van der Waals surface area contributed by atoms with Gasteiger partial charge in [-0.1, -0.05) is 33.8 Å². The number of nitrogens with one attached hydrogen (secondary N) is 1. The Kier molecular flexibility index (Phi) is 3.43. The van der Waals surface area contributed by atoms with Crippen LogP contribution in [-0.4, -0.2) is 4.98 Å². The molecule has 3 aromatic rings. The molecule has 0 aliphatic carbocycles. The summed E-state index contributed by atoms with van der Waals surface area (Å²) in [5.41, 5.74) is 5.28. The number of hydrogen-bond acceptors (Lipinski definition) is 1. The summed E-state index contributed by atoms with van der Waals surface area (Å²) >= 11 is 1.83. The van der Waals surface area contributed by atoms with Crippen molar-refractivity contribution in [2.45, 2.75) is 39.5 Å². The van der Waals surface area contributed by atoms with E-state index in [2.05, 4.69) is 68.4 Å². The highest BCUT2D eigenvalue weighted by atomic mass is 32.1. The van der Waals surface area contributed by atoms with Gasteiger partial charge in [0.05, 0.1) is 10.6 Å². The van der Waals surface area contributed by atoms with Gasteiger partial charge in [-0.05, 0) is 52.6 Å². The van der Waals surface area contributed by atoms with Crippen LogP contribution in [-0.2, 0) is 0 Å². The zero-order valence-corrected chi connectivity index (χ0v) is 13.3. The summed E-state index contributed by atoms with van der Waals surface area (Å²) in [7, 11) is 0. The number of benzene rings is 1. The Morgan fingerprint density at radius 2 is 1.65 bits per heavy atom. The van der Waals surface area contributed by atoms with Crippen molar-refractivity contribution in [1.82, 2.24) is 4.98 Å². The van der Waals surface area contributed by atoms with Gasteiger partial charge in [0.2, 0.25) is 0 Å². The highest BCUT2D eigenvalue weighted by Crippen LogP contribution is 2.32. The van der Waals surface area contributed by atoms with Gasteiger partial charge >= 0.3 is 0 Å². The molecule has 1 N–H and O–H groups in total. The van der Waals surface area contributed by atoms with Crippen molar-refractivity contribution in [3.8, 4) is 10.6 Å². The Bertz CT molecular complexity index is 731. The van der Waals surface area contributed by atoms with Crippen LogP contribution in [0.5, 0.6) is 0 Å². The number of fused-ring (bicyclic) bond motifs is 1. The average molecular weight is 283 g/mol. The van der Waals surface area contributed by atoms with Gasteiger partial charge in [0.25, 0.3) is 0 Å². The van der Waals surface area contributed by atoms with E-state index in [0.717, 1.165) is 0 Å². The largest absolute Gasteiger partial charge is 0.354 e. The quantitative estimate of drug-likeness (QED) is 0.594. The SMILES string of the molecule is CC(C)c1csc(-c2cc3cc(C(C)C)ccc3[nH]2)c1. The second kappa shape index (κ2) is 5.10. The Labute approximate surface area is 124 Å². The molecule has 0 saturated heterocycles. The van der Waals surface area contributed by atoms with Crippen molar-refractivity contribution in [3.05, 3.63) is 46.8 Å². The van der Waals surface area contributed by atoms with E-state index in [1.165, 1.54) is 32.6 Å². The van der Waals surface area contributed by atoms with E-state index in [0.29, 0.717) is 11.8 Å². The second-order valence-corrected chi connectivity index (χ2v) is 6.99. The molecule has 0 bridgehead atoms. The van der Waals surface area contributed by atoms with Crippen molar-refractivity contribution in [1.29, 1.82) is 0 Å². The minimum Gasteiger partial charge on any atom is -0.354 e. The standard InChI is InChI=1S/C18H21NS/c1-11(2)13-5-6-16-14(7-13)8-17(19-16)18-9-15(10-20-18)12(3)4/h5-12,19H,1-4H3. The Morgan fingerprint density at radius 1 is 0.900 bits per heavy atom. The lowest BCUT2D eigenvalue weighted by Gasteiger charge is -2.03. The van der Waals surface area contributed by atoms with Crippen molar-refractivity contribution in [2.75, 3.05) is 0 Å². The fourth-order valence-corrected chi connectivity index (χ4v) is 3.48. The molecule has 20 heavy (non-hydrogen) atoms. The third-order valence-electron chi connectivity index (χ3n) is 3.86. The smallest absolute Gasteiger partial charge is 0.0566 e. The molecule has 3 rings (SSSR count). The van der Waals surface area contributed by atoms with Crippen LogP contribution in [0.15, 0.2) is 35.7 Å². The van der Waals surface area contributed by atoms with Gasteiger partial charge in [0.15, 0.2) is 0 Å². The van der Waals surface area contributed by atoms with E-state index in [4.69, 9.17) is 0 Å². The third-order valence-corrected chi connectivity index (χ3v) is 4.85. The molecule has 0 fully saturated rings. The van der Waals surface area contributed by atoms with E-state index in [1.807, 2.05) is 11.3 Å². The molecule has 0 atom stereocenters. The van der Waals surface area contributed by atoms with Crippen LogP contribution in [0, 0.1) is 0 Å². The molecule has 0 aliphatic heterocycles. The van der Waals surface area contributed by atoms with Gasteiger partial charge in [-0.25, -0.2) is 0 Å². The lowest BCUT2D eigenvalue weighted by molar-refractivity contribution is 0.869. The van der Waals surface area contributed by atoms with Crippen LogP contribution >= 0.6 is 11.3 Å². The fraction of sp³-hybridized carbons (Fsp3) is 0.333. The van der Waals surface area contributed by atoms with Gasteiger partial charge < -0.3 is 4.98 Å². The van der Waals surface area contributed by atoms with Crippen LogP contribution in [0.1, 0.15) is 50.7 Å². The van der Waals surface area contributed by atoms with Gasteiger partial charge in [-0.3, -0.25) is 0 Å². The molecule has 1 nitrogen and oxygen atoms in total. The number of aromatic amines is 1. The zero-order chi connectivity index (χ0) is 14.3. The maximum Gasteiger partial charge on any atom is 0.0566 e. The van der Waals surface area contributed by atoms with E-state index < -0.39 is 0 Å². The van der Waals surface area contributed by atoms with Crippen molar-refractivity contribution >= 4 is 22.2 Å². The summed E-state index contributed by atoms with van der Waals surface area (Å²) in [4.78, 5) is 4.87. The number of hydrogen-bond donors (Lipinski definition) is 1. The van der Waals surface area contributed by atoms with Crippen molar-refractivity contribution in [2.24, 2.45) is 0 Å². The van der Waals surface area contributed by atoms with E-state index in [9.17, 15) is 0 Å². The summed E-state index contributed by atoms with van der Waals surface area (Å²) in [5.74, 6) is 1.17. The van der Waals surface area contributed by atoms with Gasteiger partial charge in [0.1, 0.15) is 0 Å². The molecule has 2 heterocycles. The molecular weight excluding hydrogens is 262 g/mol. The summed E-state index contributed by atoms with van der Waals surface area (Å²) in [6.07, 6.45) is 0. The molecule has 0 spiro atoms. The first-order valence-electron chi connectivity index (χ1n) is 7.26. The predicted octanol–water partition coefficient (Wildman–Crippen LogP) is 6.14. The van der Waals surface area contributed by atoms with Crippen LogP contribution in [0.25, 0.3) is 21.5 Å². The fourth-order valence-electron chi connectivity index (χ4n) is 2.44. The topological polar surface area (TPSA) is 15.8 Å². The molecule has 0 radical (unpaired) electrons. The Morgan fingerprint density at radius 3 is 2.30 bits per heavy atom. The molecule has 2 aromatic heterocycles. The van der Waals surface area contributed by atoms with Crippen LogP contribution in [0.3, 0.4) is 0 Å². The Hall–Kier alpha value is -1.54. The second-order valence-electron chi connectivity index (χ2n) is 6.08. The molecule has 0 aliphatic rings. The van der Waals surface area contributed by atoms with Crippen LogP contribution in [0.2, 0.25) is 0 Å². The van der Waals surface area contributed by atoms with Crippen molar-refractivity contribution in [3.63, 3.8) is 0 Å². The van der Waals surface area contributed by atoms with Crippen LogP contribution < -0.4 is 0 Å². The average Bonchev–Trinajstić information content (AvgIpc) is 3.04. The number of rotatable bonds is 3. The number of aromatic nitrogens is 1. The van der Waals surface area contributed by atoms with Crippen molar-refractivity contribution < 1.29 is 0 Å². The lowest BCUT2D eigenvalue weighted by atomic mass is 10.0. The molecule has 0 saturated carbocycles. The maximum atomic E-state index is 3.54. The number of thiophene rings is 1. The maximum absolute atomic E-state index is 3.54. The highest BCUT2D eigenvalue weighted by Gasteiger charge is 2.09. The lowest BCUT2D eigenvalue weighted by Crippen LogP contribution is -1.85. The molecule has 2 heteroatoms. The first-order chi connectivity index (χ1) is 9.54. The minimum absolute atomic E-state index is 0.576. The predicted molar refractivity (Wildman–Crippen MR) is 89.8 cm³/mol. The summed E-state index contributed by atoms with van der Waals surface area (Å²) in [6.45, 7) is 8.96. The molecule has 104 valence electrons. The first kappa shape index (κ1) is 13.4. The minimum atomic E-state index is 0.576. The van der Waals surface area contributed by atoms with Gasteiger partial charge in [-0.2, -0.15) is 0 Å². The monoisotopic (exact) mass is 283 g/mol. The van der Waals surface area contributed by atoms with Gasteiger partial charge in [-0.15, -0.1) is 11.3 Å². The summed E-state index contributed by atoms with van der Waals surface area (Å²) in [6, 6.07) is 11.3. The van der Waals surface area contributed by atoms with E-state index in [1.54, 1.807) is 0 Å². The van der Waals surface area contributed by atoms with E-state index in [-0.39, 0.29) is 0 Å². The summed E-state index contributed by atoms with van der Waals surface area (Å²) in [5, 5.41) is 3.58. The molecule has 0 amide bonds. The summed E-state index contributed by atoms with van der Waals surface area (Å²) < 4.78 is 0. The number of H-pyrrole nitrogens is 1. The first-order valence-corrected chi connectivity index (χ1v) is 8.14.